The van der Waals surface area contributed by atoms with Gasteiger partial charge in [-0.25, -0.2) is 4.98 Å². The van der Waals surface area contributed by atoms with E-state index in [4.69, 9.17) is 10.5 Å². The van der Waals surface area contributed by atoms with Gasteiger partial charge in [0.25, 0.3) is 0 Å². The molecular formula is C14H17N3O. The highest BCUT2D eigenvalue weighted by Gasteiger charge is 2.06. The quantitative estimate of drug-likeness (QED) is 0.837. The first kappa shape index (κ1) is 12.2. The van der Waals surface area contributed by atoms with Crippen LogP contribution in [-0.4, -0.2) is 19.1 Å². The number of nitrogen functional groups attached to an aromatic ring is 1. The molecule has 1 heterocycles. The molecule has 0 aliphatic heterocycles. The van der Waals surface area contributed by atoms with E-state index < -0.39 is 0 Å². The van der Waals surface area contributed by atoms with Gasteiger partial charge in [0.1, 0.15) is 0 Å². The van der Waals surface area contributed by atoms with Crippen molar-refractivity contribution in [2.75, 3.05) is 24.8 Å². The molecule has 2 aromatic rings. The smallest absolute Gasteiger partial charge is 0.213 e. The molecule has 4 nitrogen and oxygen atoms in total. The molecule has 0 aliphatic rings. The average molecular weight is 243 g/mol. The van der Waals surface area contributed by atoms with Crippen LogP contribution in [0.5, 0.6) is 5.88 Å². The van der Waals surface area contributed by atoms with Crippen molar-refractivity contribution in [1.29, 1.82) is 0 Å². The summed E-state index contributed by atoms with van der Waals surface area (Å²) in [5.41, 5.74) is 8.66. The molecule has 0 atom stereocenters. The fraction of sp³-hybridized carbons (Fsp3) is 0.214. The zero-order chi connectivity index (χ0) is 13.0. The predicted molar refractivity (Wildman–Crippen MR) is 73.8 cm³/mol. The van der Waals surface area contributed by atoms with E-state index in [2.05, 4.69) is 9.88 Å². The van der Waals surface area contributed by atoms with Gasteiger partial charge >= 0.3 is 0 Å². The summed E-state index contributed by atoms with van der Waals surface area (Å²) >= 11 is 0. The molecule has 0 saturated heterocycles. The second kappa shape index (κ2) is 5.40. The number of para-hydroxylation sites is 2. The molecule has 94 valence electrons. The molecular weight excluding hydrogens is 226 g/mol. The van der Waals surface area contributed by atoms with Crippen LogP contribution in [0.1, 0.15) is 5.69 Å². The topological polar surface area (TPSA) is 51.4 Å². The van der Waals surface area contributed by atoms with E-state index in [1.165, 1.54) is 0 Å². The van der Waals surface area contributed by atoms with Crippen molar-refractivity contribution in [3.8, 4) is 5.88 Å². The lowest BCUT2D eigenvalue weighted by Crippen LogP contribution is -2.18. The van der Waals surface area contributed by atoms with E-state index in [0.717, 1.165) is 17.1 Å². The van der Waals surface area contributed by atoms with Gasteiger partial charge in [-0.3, -0.25) is 0 Å². The average Bonchev–Trinajstić information content (AvgIpc) is 2.39. The normalized spacial score (nSPS) is 10.1. The Morgan fingerprint density at radius 3 is 2.67 bits per heavy atom. The van der Waals surface area contributed by atoms with Gasteiger partial charge in [0, 0.05) is 13.1 Å². The van der Waals surface area contributed by atoms with Gasteiger partial charge in [0.15, 0.2) is 0 Å². The summed E-state index contributed by atoms with van der Waals surface area (Å²) in [6, 6.07) is 13.5. The standard InChI is InChI=1S/C14H17N3O/c1-17(13-8-4-3-7-12(13)15)10-11-6-5-9-14(16-11)18-2/h3-9H,10,15H2,1-2H3. The number of methoxy groups -OCH3 is 1. The number of benzene rings is 1. The van der Waals surface area contributed by atoms with Crippen LogP contribution in [0, 0.1) is 0 Å². The fourth-order valence-corrected chi connectivity index (χ4v) is 1.82. The van der Waals surface area contributed by atoms with Crippen molar-refractivity contribution < 1.29 is 4.74 Å². The number of rotatable bonds is 4. The first-order valence-electron chi connectivity index (χ1n) is 5.76. The van der Waals surface area contributed by atoms with E-state index in [1.54, 1.807) is 7.11 Å². The predicted octanol–water partition coefficient (Wildman–Crippen LogP) is 2.31. The van der Waals surface area contributed by atoms with Crippen molar-refractivity contribution in [3.05, 3.63) is 48.2 Å². The van der Waals surface area contributed by atoms with Gasteiger partial charge in [-0.1, -0.05) is 18.2 Å². The van der Waals surface area contributed by atoms with Crippen LogP contribution >= 0.6 is 0 Å². The van der Waals surface area contributed by atoms with Gasteiger partial charge in [0.05, 0.1) is 30.7 Å². The van der Waals surface area contributed by atoms with Crippen LogP contribution in [0.2, 0.25) is 0 Å². The SMILES string of the molecule is COc1cccc(CN(C)c2ccccc2N)n1. The number of nitrogens with zero attached hydrogens (tertiary/aromatic N) is 2. The van der Waals surface area contributed by atoms with E-state index >= 15 is 0 Å². The Morgan fingerprint density at radius 2 is 1.94 bits per heavy atom. The van der Waals surface area contributed by atoms with E-state index in [1.807, 2.05) is 49.5 Å². The van der Waals surface area contributed by atoms with Crippen LogP contribution < -0.4 is 15.4 Å². The largest absolute Gasteiger partial charge is 0.481 e. The third-order valence-electron chi connectivity index (χ3n) is 2.74. The maximum absolute atomic E-state index is 5.94. The van der Waals surface area contributed by atoms with Gasteiger partial charge in [-0.2, -0.15) is 0 Å². The molecule has 18 heavy (non-hydrogen) atoms. The summed E-state index contributed by atoms with van der Waals surface area (Å²) in [4.78, 5) is 6.45. The Bertz CT molecular complexity index is 528. The number of anilines is 2. The van der Waals surface area contributed by atoms with E-state index in [-0.39, 0.29) is 0 Å². The molecule has 0 radical (unpaired) electrons. The van der Waals surface area contributed by atoms with Crippen molar-refractivity contribution in [3.63, 3.8) is 0 Å². The molecule has 1 aromatic carbocycles. The van der Waals surface area contributed by atoms with Crippen LogP contribution in [0.25, 0.3) is 0 Å². The van der Waals surface area contributed by atoms with Crippen molar-refractivity contribution >= 4 is 11.4 Å². The van der Waals surface area contributed by atoms with Crippen LogP contribution in [0.15, 0.2) is 42.5 Å². The third-order valence-corrected chi connectivity index (χ3v) is 2.74. The van der Waals surface area contributed by atoms with E-state index in [0.29, 0.717) is 12.4 Å². The zero-order valence-corrected chi connectivity index (χ0v) is 10.6. The molecule has 2 rings (SSSR count). The minimum absolute atomic E-state index is 0.627. The maximum Gasteiger partial charge on any atom is 0.213 e. The number of hydrogen-bond acceptors (Lipinski definition) is 4. The molecule has 1 aromatic heterocycles. The zero-order valence-electron chi connectivity index (χ0n) is 10.6. The van der Waals surface area contributed by atoms with Crippen LogP contribution in [0.3, 0.4) is 0 Å². The second-order valence-electron chi connectivity index (χ2n) is 4.09. The molecule has 0 fully saturated rings. The minimum Gasteiger partial charge on any atom is -0.481 e. The molecule has 0 unspecified atom stereocenters. The lowest BCUT2D eigenvalue weighted by molar-refractivity contribution is 0.396. The first-order chi connectivity index (χ1) is 8.70. The number of pyridine rings is 1. The van der Waals surface area contributed by atoms with Gasteiger partial charge in [-0.05, 0) is 18.2 Å². The van der Waals surface area contributed by atoms with Gasteiger partial charge in [0.2, 0.25) is 5.88 Å². The molecule has 0 spiro atoms. The summed E-state index contributed by atoms with van der Waals surface area (Å²) in [7, 11) is 3.61. The summed E-state index contributed by atoms with van der Waals surface area (Å²) in [6.45, 7) is 0.686. The molecule has 0 bridgehead atoms. The molecule has 0 amide bonds. The molecule has 4 heteroatoms. The lowest BCUT2D eigenvalue weighted by Gasteiger charge is -2.20. The summed E-state index contributed by atoms with van der Waals surface area (Å²) in [6.07, 6.45) is 0. The van der Waals surface area contributed by atoms with Crippen LogP contribution in [0.4, 0.5) is 11.4 Å². The van der Waals surface area contributed by atoms with Gasteiger partial charge < -0.3 is 15.4 Å². The molecule has 0 saturated carbocycles. The highest BCUT2D eigenvalue weighted by atomic mass is 16.5. The maximum atomic E-state index is 5.94. The summed E-state index contributed by atoms with van der Waals surface area (Å²) in [5, 5.41) is 0. The Hall–Kier alpha value is -2.23. The highest BCUT2D eigenvalue weighted by Crippen LogP contribution is 2.22. The Balaban J connectivity index is 2.16. The highest BCUT2D eigenvalue weighted by molar-refractivity contribution is 5.66. The monoisotopic (exact) mass is 243 g/mol. The number of ether oxygens (including phenoxy) is 1. The molecule has 2 N–H and O–H groups in total. The van der Waals surface area contributed by atoms with Crippen molar-refractivity contribution in [1.82, 2.24) is 4.98 Å². The van der Waals surface area contributed by atoms with E-state index in [9.17, 15) is 0 Å². The second-order valence-corrected chi connectivity index (χ2v) is 4.09. The van der Waals surface area contributed by atoms with Crippen molar-refractivity contribution in [2.45, 2.75) is 6.54 Å². The minimum atomic E-state index is 0.627. The first-order valence-corrected chi connectivity index (χ1v) is 5.76. The van der Waals surface area contributed by atoms with Gasteiger partial charge in [-0.15, -0.1) is 0 Å². The summed E-state index contributed by atoms with van der Waals surface area (Å²) in [5.74, 6) is 0.627. The fourth-order valence-electron chi connectivity index (χ4n) is 1.82. The molecule has 0 aliphatic carbocycles. The lowest BCUT2D eigenvalue weighted by atomic mass is 10.2. The number of hydrogen-bond donors (Lipinski definition) is 1. The number of aromatic nitrogens is 1. The summed E-state index contributed by atoms with van der Waals surface area (Å²) < 4.78 is 5.11. The Kier molecular flexibility index (Phi) is 3.67. The van der Waals surface area contributed by atoms with Crippen LogP contribution in [-0.2, 0) is 6.54 Å². The number of nitrogens with two attached hydrogens (primary N) is 1. The van der Waals surface area contributed by atoms with Crippen molar-refractivity contribution in [2.24, 2.45) is 0 Å². The Labute approximate surface area is 107 Å². The third kappa shape index (κ3) is 2.71. The Morgan fingerprint density at radius 1 is 1.17 bits per heavy atom.